The van der Waals surface area contributed by atoms with Gasteiger partial charge in [0.25, 0.3) is 0 Å². The summed E-state index contributed by atoms with van der Waals surface area (Å²) >= 11 is 0. The highest BCUT2D eigenvalue weighted by atomic mass is 16.4. The van der Waals surface area contributed by atoms with E-state index in [1.165, 1.54) is 0 Å². The summed E-state index contributed by atoms with van der Waals surface area (Å²) in [6, 6.07) is 1.50. The van der Waals surface area contributed by atoms with Crippen molar-refractivity contribution < 1.29 is 44.1 Å². The Hall–Kier alpha value is -4.46. The lowest BCUT2D eigenvalue weighted by Crippen LogP contribution is -2.58. The van der Waals surface area contributed by atoms with Crippen molar-refractivity contribution in [1.82, 2.24) is 20.9 Å². The summed E-state index contributed by atoms with van der Waals surface area (Å²) in [5, 5.41) is 35.1. The molecule has 0 saturated heterocycles. The quantitative estimate of drug-likeness (QED) is 0.143. The van der Waals surface area contributed by atoms with E-state index >= 15 is 0 Å². The summed E-state index contributed by atoms with van der Waals surface area (Å²) < 4.78 is 0. The molecule has 0 bridgehead atoms. The molecule has 4 unspecified atom stereocenters. The molecule has 39 heavy (non-hydrogen) atoms. The van der Waals surface area contributed by atoms with Crippen LogP contribution in [0, 0.1) is 5.92 Å². The smallest absolute Gasteiger partial charge is 0.326 e. The fourth-order valence-electron chi connectivity index (χ4n) is 3.91. The van der Waals surface area contributed by atoms with Gasteiger partial charge in [-0.1, -0.05) is 32.0 Å². The number of hydrogen-bond donors (Lipinski definition) is 8. The molecule has 212 valence electrons. The van der Waals surface area contributed by atoms with Crippen molar-refractivity contribution in [3.05, 3.63) is 36.0 Å². The van der Waals surface area contributed by atoms with Gasteiger partial charge in [0.15, 0.2) is 0 Å². The Labute approximate surface area is 223 Å². The Balaban J connectivity index is 2.31. The summed E-state index contributed by atoms with van der Waals surface area (Å²) in [5.41, 5.74) is 7.09. The van der Waals surface area contributed by atoms with Crippen molar-refractivity contribution in [3.63, 3.8) is 0 Å². The first-order valence-electron chi connectivity index (χ1n) is 12.2. The maximum atomic E-state index is 13.4. The van der Waals surface area contributed by atoms with Crippen LogP contribution in [0.1, 0.15) is 38.7 Å². The second-order valence-electron chi connectivity index (χ2n) is 9.52. The molecule has 0 fully saturated rings. The first-order chi connectivity index (χ1) is 18.3. The van der Waals surface area contributed by atoms with Crippen LogP contribution in [-0.4, -0.2) is 80.1 Å². The Morgan fingerprint density at radius 1 is 0.821 bits per heavy atom. The van der Waals surface area contributed by atoms with Gasteiger partial charge in [-0.25, -0.2) is 4.79 Å². The van der Waals surface area contributed by atoms with Crippen molar-refractivity contribution in [2.75, 3.05) is 0 Å². The summed E-state index contributed by atoms with van der Waals surface area (Å²) in [6.07, 6.45) is 0.128. The van der Waals surface area contributed by atoms with E-state index in [0.29, 0.717) is 5.56 Å². The number of carboxylic acids is 3. The zero-order valence-electron chi connectivity index (χ0n) is 21.5. The van der Waals surface area contributed by atoms with Gasteiger partial charge in [0.05, 0.1) is 18.9 Å². The number of carboxylic acid groups (broad SMARTS) is 3. The van der Waals surface area contributed by atoms with Crippen LogP contribution >= 0.6 is 0 Å². The molecule has 2 aromatic rings. The standard InChI is InChI=1S/C25H33N5O9/c1-12(2)7-17(23(36)30-19(25(38)39)10-21(33)34)29-24(37)18(28-22(35)15(26)9-20(31)32)8-13-11-27-16-6-4-3-5-14(13)16/h3-6,11-12,15,17-19,27H,7-10,26H2,1-2H3,(H,28,35)(H,29,37)(H,30,36)(H,31,32)(H,33,34)(H,38,39). The number of hydrogen-bond acceptors (Lipinski definition) is 7. The Bertz CT molecular complexity index is 1230. The van der Waals surface area contributed by atoms with Gasteiger partial charge in [0, 0.05) is 23.5 Å². The second kappa shape index (κ2) is 13.9. The van der Waals surface area contributed by atoms with E-state index in [1.54, 1.807) is 32.2 Å². The lowest BCUT2D eigenvalue weighted by Gasteiger charge is -2.26. The Kier molecular flexibility index (Phi) is 11.0. The van der Waals surface area contributed by atoms with Gasteiger partial charge in [-0.15, -0.1) is 0 Å². The van der Waals surface area contributed by atoms with Crippen LogP contribution in [0.25, 0.3) is 10.9 Å². The zero-order chi connectivity index (χ0) is 29.3. The molecule has 2 rings (SSSR count). The van der Waals surface area contributed by atoms with E-state index in [-0.39, 0.29) is 18.8 Å². The van der Waals surface area contributed by atoms with Crippen LogP contribution in [0.15, 0.2) is 30.5 Å². The number of rotatable bonds is 15. The van der Waals surface area contributed by atoms with Gasteiger partial charge in [-0.3, -0.25) is 24.0 Å². The average molecular weight is 548 g/mol. The number of carbonyl (C=O) groups is 6. The van der Waals surface area contributed by atoms with Crippen molar-refractivity contribution in [1.29, 1.82) is 0 Å². The summed E-state index contributed by atoms with van der Waals surface area (Å²) in [4.78, 5) is 75.4. The van der Waals surface area contributed by atoms with Crippen LogP contribution in [0.2, 0.25) is 0 Å². The average Bonchev–Trinajstić information content (AvgIpc) is 3.24. The zero-order valence-corrected chi connectivity index (χ0v) is 21.5. The summed E-state index contributed by atoms with van der Waals surface area (Å²) in [5.74, 6) is -7.06. The number of para-hydroxylation sites is 1. The van der Waals surface area contributed by atoms with Gasteiger partial charge in [-0.2, -0.15) is 0 Å². The Morgan fingerprint density at radius 2 is 1.38 bits per heavy atom. The number of benzene rings is 1. The molecule has 14 heteroatoms. The first kappa shape index (κ1) is 30.8. The van der Waals surface area contributed by atoms with E-state index < -0.39 is 72.6 Å². The fourth-order valence-corrected chi connectivity index (χ4v) is 3.91. The monoisotopic (exact) mass is 547 g/mol. The molecule has 1 heterocycles. The van der Waals surface area contributed by atoms with Gasteiger partial charge in [-0.05, 0) is 24.0 Å². The number of fused-ring (bicyclic) bond motifs is 1. The van der Waals surface area contributed by atoms with Crippen molar-refractivity contribution in [3.8, 4) is 0 Å². The number of nitrogens with two attached hydrogens (primary N) is 1. The predicted octanol–water partition coefficient (Wildman–Crippen LogP) is -0.428. The van der Waals surface area contributed by atoms with Gasteiger partial charge in [0.2, 0.25) is 17.7 Å². The largest absolute Gasteiger partial charge is 0.481 e. The van der Waals surface area contributed by atoms with Crippen molar-refractivity contribution in [2.45, 2.75) is 63.7 Å². The third kappa shape index (κ3) is 9.41. The molecule has 14 nitrogen and oxygen atoms in total. The molecule has 0 aliphatic heterocycles. The molecule has 3 amide bonds. The SMILES string of the molecule is CC(C)CC(NC(=O)C(Cc1c[nH]c2ccccc12)NC(=O)C(N)CC(=O)O)C(=O)NC(CC(=O)O)C(=O)O. The number of carbonyl (C=O) groups excluding carboxylic acids is 3. The minimum Gasteiger partial charge on any atom is -0.481 e. The van der Waals surface area contributed by atoms with Crippen molar-refractivity contribution >= 4 is 46.5 Å². The number of H-pyrrole nitrogens is 1. The predicted molar refractivity (Wildman–Crippen MR) is 137 cm³/mol. The van der Waals surface area contributed by atoms with E-state index in [4.69, 9.17) is 15.9 Å². The second-order valence-corrected chi connectivity index (χ2v) is 9.52. The van der Waals surface area contributed by atoms with E-state index in [0.717, 1.165) is 10.9 Å². The van der Waals surface area contributed by atoms with E-state index in [1.807, 2.05) is 12.1 Å². The van der Waals surface area contributed by atoms with Crippen molar-refractivity contribution in [2.24, 2.45) is 11.7 Å². The summed E-state index contributed by atoms with van der Waals surface area (Å²) in [7, 11) is 0. The van der Waals surface area contributed by atoms with Crippen LogP contribution < -0.4 is 21.7 Å². The molecule has 0 aliphatic rings. The molecule has 1 aromatic heterocycles. The first-order valence-corrected chi connectivity index (χ1v) is 12.2. The lowest BCUT2D eigenvalue weighted by molar-refractivity contribution is -0.147. The third-order valence-electron chi connectivity index (χ3n) is 5.80. The van der Waals surface area contributed by atoms with Crippen LogP contribution in [0.5, 0.6) is 0 Å². The minimum atomic E-state index is -1.72. The van der Waals surface area contributed by atoms with Crippen LogP contribution in [0.3, 0.4) is 0 Å². The van der Waals surface area contributed by atoms with Crippen LogP contribution in [-0.2, 0) is 35.2 Å². The minimum absolute atomic E-state index is 0.0475. The fraction of sp³-hybridized carbons (Fsp3) is 0.440. The highest BCUT2D eigenvalue weighted by molar-refractivity contribution is 5.96. The maximum absolute atomic E-state index is 13.4. The topological polar surface area (TPSA) is 241 Å². The number of amides is 3. The molecule has 4 atom stereocenters. The molecular formula is C25H33N5O9. The molecule has 0 saturated carbocycles. The van der Waals surface area contributed by atoms with Gasteiger partial charge < -0.3 is 42.0 Å². The van der Waals surface area contributed by atoms with Gasteiger partial charge >= 0.3 is 17.9 Å². The molecule has 9 N–H and O–H groups in total. The number of aromatic nitrogens is 1. The molecular weight excluding hydrogens is 514 g/mol. The normalized spacial score (nSPS) is 14.2. The third-order valence-corrected chi connectivity index (χ3v) is 5.80. The Morgan fingerprint density at radius 3 is 1.97 bits per heavy atom. The highest BCUT2D eigenvalue weighted by Gasteiger charge is 2.32. The number of nitrogens with one attached hydrogen (secondary N) is 4. The lowest BCUT2D eigenvalue weighted by atomic mass is 10.00. The molecule has 0 radical (unpaired) electrons. The maximum Gasteiger partial charge on any atom is 0.326 e. The molecule has 0 spiro atoms. The van der Waals surface area contributed by atoms with Gasteiger partial charge in [0.1, 0.15) is 18.1 Å². The number of aliphatic carboxylic acids is 3. The molecule has 0 aliphatic carbocycles. The number of aromatic amines is 1. The van der Waals surface area contributed by atoms with Crippen LogP contribution in [0.4, 0.5) is 0 Å². The molecule has 1 aromatic carbocycles. The summed E-state index contributed by atoms with van der Waals surface area (Å²) in [6.45, 7) is 3.52. The highest BCUT2D eigenvalue weighted by Crippen LogP contribution is 2.19. The van der Waals surface area contributed by atoms with E-state index in [9.17, 15) is 33.9 Å². The van der Waals surface area contributed by atoms with E-state index in [2.05, 4.69) is 20.9 Å².